The zero-order valence-electron chi connectivity index (χ0n) is 20.7. The average Bonchev–Trinajstić information content (AvgIpc) is 3.26. The molecule has 0 N–H and O–H groups in total. The summed E-state index contributed by atoms with van der Waals surface area (Å²) in [6, 6.07) is 15.4. The van der Waals surface area contributed by atoms with E-state index in [1.807, 2.05) is 35.2 Å². The number of hydrogen-bond donors (Lipinski definition) is 0. The molecule has 4 rings (SSSR count). The van der Waals surface area contributed by atoms with Crippen LogP contribution in [0.5, 0.6) is 0 Å². The molecule has 0 spiro atoms. The third-order valence-electron chi connectivity index (χ3n) is 6.51. The normalized spacial score (nSPS) is 18.1. The summed E-state index contributed by atoms with van der Waals surface area (Å²) in [5.74, 6) is 0.634. The predicted octanol–water partition coefficient (Wildman–Crippen LogP) is 5.45. The van der Waals surface area contributed by atoms with Gasteiger partial charge in [-0.3, -0.25) is 4.79 Å². The highest BCUT2D eigenvalue weighted by atomic mass is 16.5. The summed E-state index contributed by atoms with van der Waals surface area (Å²) < 4.78 is 6.93. The van der Waals surface area contributed by atoms with E-state index in [0.29, 0.717) is 17.4 Å². The lowest BCUT2D eigenvalue weighted by Gasteiger charge is -2.35. The van der Waals surface area contributed by atoms with Crippen molar-refractivity contribution < 1.29 is 14.3 Å². The lowest BCUT2D eigenvalue weighted by molar-refractivity contribution is 0.0518. The van der Waals surface area contributed by atoms with Crippen LogP contribution in [0.15, 0.2) is 48.5 Å². The van der Waals surface area contributed by atoms with Crippen molar-refractivity contribution in [3.63, 3.8) is 0 Å². The quantitative estimate of drug-likeness (QED) is 0.476. The van der Waals surface area contributed by atoms with Gasteiger partial charge in [-0.25, -0.2) is 9.48 Å². The Morgan fingerprint density at radius 1 is 0.971 bits per heavy atom. The van der Waals surface area contributed by atoms with Crippen molar-refractivity contribution in [1.29, 1.82) is 0 Å². The van der Waals surface area contributed by atoms with Gasteiger partial charge in [0.25, 0.3) is 5.91 Å². The molecule has 178 valence electrons. The number of benzene rings is 2. The van der Waals surface area contributed by atoms with Crippen LogP contribution in [0.4, 0.5) is 0 Å². The van der Waals surface area contributed by atoms with Crippen molar-refractivity contribution in [3.05, 3.63) is 70.9 Å². The Morgan fingerprint density at radius 2 is 1.65 bits per heavy atom. The monoisotopic (exact) mass is 459 g/mol. The maximum absolute atomic E-state index is 13.1. The largest absolute Gasteiger partial charge is 0.461 e. The van der Waals surface area contributed by atoms with Crippen LogP contribution >= 0.6 is 0 Å². The fraction of sp³-hybridized carbons (Fsp3) is 0.393. The van der Waals surface area contributed by atoms with E-state index in [4.69, 9.17) is 4.74 Å². The molecule has 1 saturated heterocycles. The van der Waals surface area contributed by atoms with Gasteiger partial charge in [0.1, 0.15) is 0 Å². The molecule has 1 aliphatic rings. The number of esters is 1. The summed E-state index contributed by atoms with van der Waals surface area (Å²) in [6.45, 7) is 12.2. The highest BCUT2D eigenvalue weighted by molar-refractivity contribution is 5.94. The molecule has 6 heteroatoms. The summed E-state index contributed by atoms with van der Waals surface area (Å²) in [4.78, 5) is 27.5. The molecule has 2 aromatic carbocycles. The van der Waals surface area contributed by atoms with Gasteiger partial charge in [0.05, 0.1) is 18.0 Å². The molecule has 2 heterocycles. The Bertz CT molecular complexity index is 1190. The summed E-state index contributed by atoms with van der Waals surface area (Å²) in [7, 11) is 0. The summed E-state index contributed by atoms with van der Waals surface area (Å²) in [5.41, 5.74) is 5.81. The van der Waals surface area contributed by atoms with Crippen LogP contribution in [-0.4, -0.2) is 46.3 Å². The lowest BCUT2D eigenvalue weighted by atomic mass is 9.91. The maximum Gasteiger partial charge on any atom is 0.358 e. The van der Waals surface area contributed by atoms with Crippen LogP contribution in [0, 0.1) is 25.7 Å². The van der Waals surface area contributed by atoms with Gasteiger partial charge in [0, 0.05) is 24.2 Å². The minimum atomic E-state index is -0.452. The van der Waals surface area contributed by atoms with E-state index < -0.39 is 5.97 Å². The van der Waals surface area contributed by atoms with Crippen molar-refractivity contribution in [1.82, 2.24) is 14.7 Å². The van der Waals surface area contributed by atoms with Crippen LogP contribution < -0.4 is 0 Å². The zero-order valence-corrected chi connectivity index (χ0v) is 20.7. The third-order valence-corrected chi connectivity index (χ3v) is 6.51. The topological polar surface area (TPSA) is 64.4 Å². The number of nitrogens with zero attached hydrogens (tertiary/aromatic N) is 3. The standard InChI is InChI=1S/C28H33N3O3/c1-6-34-28(33)25-15-26(23-8-7-20(4)21(5)14-23)31(29-25)24-11-9-22(10-12-24)27(32)30-16-18(2)13-19(3)17-30/h7-12,14-15,18-19H,6,13,16-17H2,1-5H3/t18-,19-/m1/s1. The van der Waals surface area contributed by atoms with Gasteiger partial charge in [-0.05, 0) is 86.6 Å². The van der Waals surface area contributed by atoms with Crippen LogP contribution in [0.1, 0.15) is 59.2 Å². The molecule has 0 bridgehead atoms. The average molecular weight is 460 g/mol. The molecule has 0 unspecified atom stereocenters. The number of likely N-dealkylation sites (tertiary alicyclic amines) is 1. The molecule has 1 amide bonds. The van der Waals surface area contributed by atoms with E-state index in [0.717, 1.165) is 42.0 Å². The fourth-order valence-corrected chi connectivity index (χ4v) is 4.75. The van der Waals surface area contributed by atoms with E-state index in [9.17, 15) is 9.59 Å². The summed E-state index contributed by atoms with van der Waals surface area (Å²) in [5, 5.41) is 4.56. The summed E-state index contributed by atoms with van der Waals surface area (Å²) >= 11 is 0. The maximum atomic E-state index is 13.1. The number of aromatic nitrogens is 2. The minimum absolute atomic E-state index is 0.0620. The van der Waals surface area contributed by atoms with Crippen LogP contribution in [0.2, 0.25) is 0 Å². The molecule has 1 aromatic heterocycles. The molecule has 1 fully saturated rings. The second-order valence-electron chi connectivity index (χ2n) is 9.55. The van der Waals surface area contributed by atoms with E-state index >= 15 is 0 Å². The number of carbonyl (C=O) groups excluding carboxylic acids is 2. The lowest BCUT2D eigenvalue weighted by Crippen LogP contribution is -2.42. The number of amides is 1. The Morgan fingerprint density at radius 3 is 2.26 bits per heavy atom. The van der Waals surface area contributed by atoms with Crippen LogP contribution in [0.25, 0.3) is 16.9 Å². The van der Waals surface area contributed by atoms with Gasteiger partial charge in [-0.15, -0.1) is 0 Å². The molecule has 3 aromatic rings. The predicted molar refractivity (Wildman–Crippen MR) is 133 cm³/mol. The number of rotatable bonds is 5. The molecular formula is C28H33N3O3. The van der Waals surface area contributed by atoms with E-state index in [1.54, 1.807) is 17.7 Å². The Kier molecular flexibility index (Phi) is 6.87. The number of ether oxygens (including phenoxy) is 1. The Hall–Kier alpha value is -3.41. The highest BCUT2D eigenvalue weighted by Crippen LogP contribution is 2.27. The van der Waals surface area contributed by atoms with Gasteiger partial charge in [0.15, 0.2) is 5.69 Å². The van der Waals surface area contributed by atoms with Gasteiger partial charge < -0.3 is 9.64 Å². The van der Waals surface area contributed by atoms with Crippen LogP contribution in [0.3, 0.4) is 0 Å². The second kappa shape index (κ2) is 9.84. The molecule has 2 atom stereocenters. The Labute approximate surface area is 201 Å². The number of hydrogen-bond acceptors (Lipinski definition) is 4. The third kappa shape index (κ3) is 4.91. The van der Waals surface area contributed by atoms with E-state index in [1.165, 1.54) is 5.56 Å². The molecule has 0 radical (unpaired) electrons. The first-order valence-corrected chi connectivity index (χ1v) is 12.0. The molecule has 6 nitrogen and oxygen atoms in total. The van der Waals surface area contributed by atoms with Gasteiger partial charge in [-0.1, -0.05) is 26.0 Å². The number of aryl methyl sites for hydroxylation is 2. The first kappa shape index (κ1) is 23.7. The first-order valence-electron chi connectivity index (χ1n) is 12.0. The smallest absolute Gasteiger partial charge is 0.358 e. The van der Waals surface area contributed by atoms with Gasteiger partial charge in [0.2, 0.25) is 0 Å². The van der Waals surface area contributed by atoms with Crippen molar-refractivity contribution >= 4 is 11.9 Å². The summed E-state index contributed by atoms with van der Waals surface area (Å²) in [6.07, 6.45) is 1.16. The number of piperidine rings is 1. The van der Waals surface area contributed by atoms with Gasteiger partial charge in [-0.2, -0.15) is 5.10 Å². The van der Waals surface area contributed by atoms with Crippen molar-refractivity contribution in [2.24, 2.45) is 11.8 Å². The molecule has 0 saturated carbocycles. The second-order valence-corrected chi connectivity index (χ2v) is 9.55. The SMILES string of the molecule is CCOC(=O)c1cc(-c2ccc(C)c(C)c2)n(-c2ccc(C(=O)N3C[C@H](C)C[C@@H](C)C3)cc2)n1. The molecule has 0 aliphatic carbocycles. The Balaban J connectivity index is 1.68. The fourth-order valence-electron chi connectivity index (χ4n) is 4.75. The molecule has 1 aliphatic heterocycles. The molecular weight excluding hydrogens is 426 g/mol. The van der Waals surface area contributed by atoms with E-state index in [-0.39, 0.29) is 18.2 Å². The zero-order chi connectivity index (χ0) is 24.4. The van der Waals surface area contributed by atoms with Crippen LogP contribution in [-0.2, 0) is 4.74 Å². The van der Waals surface area contributed by atoms with E-state index in [2.05, 4.69) is 44.9 Å². The number of carbonyl (C=O) groups is 2. The van der Waals surface area contributed by atoms with Crippen molar-refractivity contribution in [3.8, 4) is 16.9 Å². The first-order chi connectivity index (χ1) is 16.3. The van der Waals surface area contributed by atoms with Crippen molar-refractivity contribution in [2.75, 3.05) is 19.7 Å². The van der Waals surface area contributed by atoms with Gasteiger partial charge >= 0.3 is 5.97 Å². The van der Waals surface area contributed by atoms with Crippen molar-refractivity contribution in [2.45, 2.75) is 41.0 Å². The minimum Gasteiger partial charge on any atom is -0.461 e. The molecule has 34 heavy (non-hydrogen) atoms. The highest BCUT2D eigenvalue weighted by Gasteiger charge is 2.26.